The number of aliphatic hydroxyl groups is 1. The first kappa shape index (κ1) is 11.9. The average Bonchev–Trinajstić information content (AvgIpc) is 2.74. The smallest absolute Gasteiger partial charge is 0.393 e. The average molecular weight is 251 g/mol. The Morgan fingerprint density at radius 2 is 2.12 bits per heavy atom. The SMILES string of the molecule is CC1C(O)CCC1c1cnc(C(F)(F)F)s1. The molecule has 0 aliphatic heterocycles. The maximum absolute atomic E-state index is 12.4. The van der Waals surface area contributed by atoms with Crippen molar-refractivity contribution in [3.8, 4) is 0 Å². The largest absolute Gasteiger partial charge is 0.443 e. The minimum Gasteiger partial charge on any atom is -0.393 e. The molecule has 3 atom stereocenters. The van der Waals surface area contributed by atoms with Crippen LogP contribution in [-0.4, -0.2) is 16.2 Å². The van der Waals surface area contributed by atoms with Gasteiger partial charge in [0, 0.05) is 11.1 Å². The van der Waals surface area contributed by atoms with Gasteiger partial charge in [0.1, 0.15) is 0 Å². The molecule has 1 N–H and O–H groups in total. The van der Waals surface area contributed by atoms with Crippen LogP contribution in [0.5, 0.6) is 0 Å². The maximum atomic E-state index is 12.4. The first-order valence-corrected chi connectivity index (χ1v) is 5.92. The zero-order valence-corrected chi connectivity index (χ0v) is 9.48. The lowest BCUT2D eigenvalue weighted by molar-refractivity contribution is -0.137. The van der Waals surface area contributed by atoms with Gasteiger partial charge in [-0.25, -0.2) is 4.98 Å². The van der Waals surface area contributed by atoms with Crippen molar-refractivity contribution < 1.29 is 18.3 Å². The second-order valence-electron chi connectivity index (χ2n) is 4.18. The van der Waals surface area contributed by atoms with E-state index >= 15 is 0 Å². The second kappa shape index (κ2) is 4.00. The monoisotopic (exact) mass is 251 g/mol. The van der Waals surface area contributed by atoms with Crippen molar-refractivity contribution in [3.05, 3.63) is 16.1 Å². The maximum Gasteiger partial charge on any atom is 0.443 e. The summed E-state index contributed by atoms with van der Waals surface area (Å²) in [6, 6.07) is 0. The summed E-state index contributed by atoms with van der Waals surface area (Å²) in [5, 5.41) is 8.76. The number of nitrogens with zero attached hydrogens (tertiary/aromatic N) is 1. The lowest BCUT2D eigenvalue weighted by atomic mass is 9.96. The van der Waals surface area contributed by atoms with Crippen molar-refractivity contribution in [2.45, 2.75) is 38.0 Å². The quantitative estimate of drug-likeness (QED) is 0.832. The Morgan fingerprint density at radius 3 is 2.56 bits per heavy atom. The Labute approximate surface area is 95.1 Å². The van der Waals surface area contributed by atoms with Gasteiger partial charge in [-0.2, -0.15) is 13.2 Å². The normalized spacial score (nSPS) is 30.9. The first-order valence-electron chi connectivity index (χ1n) is 5.10. The number of alkyl halides is 3. The molecule has 0 radical (unpaired) electrons. The van der Waals surface area contributed by atoms with Gasteiger partial charge in [0.25, 0.3) is 0 Å². The summed E-state index contributed by atoms with van der Waals surface area (Å²) < 4.78 is 37.1. The van der Waals surface area contributed by atoms with E-state index in [1.165, 1.54) is 6.20 Å². The van der Waals surface area contributed by atoms with Gasteiger partial charge in [0.05, 0.1) is 6.10 Å². The van der Waals surface area contributed by atoms with Gasteiger partial charge in [-0.3, -0.25) is 0 Å². The Bertz CT molecular complexity index is 376. The standard InChI is InChI=1S/C10H12F3NOS/c1-5-6(2-3-7(5)15)8-4-14-9(16-8)10(11,12)13/h4-7,15H,2-3H2,1H3. The molecule has 2 nitrogen and oxygen atoms in total. The van der Waals surface area contributed by atoms with E-state index in [1.807, 2.05) is 6.92 Å². The topological polar surface area (TPSA) is 33.1 Å². The van der Waals surface area contributed by atoms with Crippen molar-refractivity contribution in [1.82, 2.24) is 4.98 Å². The number of aromatic nitrogens is 1. The van der Waals surface area contributed by atoms with E-state index in [2.05, 4.69) is 4.98 Å². The Balaban J connectivity index is 2.20. The fraction of sp³-hybridized carbons (Fsp3) is 0.700. The highest BCUT2D eigenvalue weighted by Gasteiger charge is 2.38. The van der Waals surface area contributed by atoms with E-state index in [4.69, 9.17) is 0 Å². The molecule has 0 spiro atoms. The van der Waals surface area contributed by atoms with Crippen LogP contribution in [0, 0.1) is 5.92 Å². The van der Waals surface area contributed by atoms with Crippen molar-refractivity contribution in [2.75, 3.05) is 0 Å². The number of thiazole rings is 1. The number of hydrogen-bond donors (Lipinski definition) is 1. The van der Waals surface area contributed by atoms with E-state index in [9.17, 15) is 18.3 Å². The van der Waals surface area contributed by atoms with Crippen LogP contribution < -0.4 is 0 Å². The lowest BCUT2D eigenvalue weighted by Gasteiger charge is -2.14. The van der Waals surface area contributed by atoms with Gasteiger partial charge in [-0.05, 0) is 24.7 Å². The highest BCUT2D eigenvalue weighted by atomic mass is 32.1. The molecule has 16 heavy (non-hydrogen) atoms. The van der Waals surface area contributed by atoms with Crippen LogP contribution in [-0.2, 0) is 6.18 Å². The van der Waals surface area contributed by atoms with Crippen LogP contribution >= 0.6 is 11.3 Å². The zero-order chi connectivity index (χ0) is 11.9. The zero-order valence-electron chi connectivity index (χ0n) is 8.66. The van der Waals surface area contributed by atoms with Crippen LogP contribution in [0.25, 0.3) is 0 Å². The van der Waals surface area contributed by atoms with Gasteiger partial charge < -0.3 is 5.11 Å². The molecule has 1 aliphatic rings. The Hall–Kier alpha value is -0.620. The van der Waals surface area contributed by atoms with Crippen molar-refractivity contribution in [3.63, 3.8) is 0 Å². The molecule has 1 fully saturated rings. The van der Waals surface area contributed by atoms with Gasteiger partial charge >= 0.3 is 6.18 Å². The molecule has 0 aromatic carbocycles. The molecular weight excluding hydrogens is 239 g/mol. The molecule has 1 aromatic rings. The van der Waals surface area contributed by atoms with Crippen molar-refractivity contribution in [2.24, 2.45) is 5.92 Å². The predicted octanol–water partition coefficient (Wildman–Crippen LogP) is 3.04. The summed E-state index contributed by atoms with van der Waals surface area (Å²) in [5.74, 6) is 0.0325. The molecule has 1 heterocycles. The molecule has 0 amide bonds. The highest BCUT2D eigenvalue weighted by molar-refractivity contribution is 7.11. The van der Waals surface area contributed by atoms with Gasteiger partial charge in [0.15, 0.2) is 5.01 Å². The molecule has 1 aliphatic carbocycles. The fourth-order valence-corrected chi connectivity index (χ4v) is 3.17. The predicted molar refractivity (Wildman–Crippen MR) is 54.3 cm³/mol. The van der Waals surface area contributed by atoms with E-state index in [1.54, 1.807) is 0 Å². The Kier molecular flexibility index (Phi) is 2.96. The number of hydrogen-bond acceptors (Lipinski definition) is 3. The summed E-state index contributed by atoms with van der Waals surface area (Å²) in [4.78, 5) is 4.04. The van der Waals surface area contributed by atoms with Crippen LogP contribution in [0.3, 0.4) is 0 Å². The van der Waals surface area contributed by atoms with Gasteiger partial charge in [-0.15, -0.1) is 11.3 Å². The van der Waals surface area contributed by atoms with Gasteiger partial charge in [0.2, 0.25) is 0 Å². The van der Waals surface area contributed by atoms with Crippen LogP contribution in [0.1, 0.15) is 35.6 Å². The molecule has 6 heteroatoms. The minimum absolute atomic E-state index is 0.0153. The van der Waals surface area contributed by atoms with E-state index in [-0.39, 0.29) is 11.8 Å². The van der Waals surface area contributed by atoms with Crippen molar-refractivity contribution >= 4 is 11.3 Å². The molecular formula is C10H12F3NOS. The molecule has 0 saturated heterocycles. The van der Waals surface area contributed by atoms with E-state index < -0.39 is 17.3 Å². The van der Waals surface area contributed by atoms with E-state index in [0.717, 1.165) is 6.42 Å². The Morgan fingerprint density at radius 1 is 1.44 bits per heavy atom. The summed E-state index contributed by atoms with van der Waals surface area (Å²) in [6.07, 6.45) is -2.07. The fourth-order valence-electron chi connectivity index (χ4n) is 2.13. The van der Waals surface area contributed by atoms with Gasteiger partial charge in [-0.1, -0.05) is 6.92 Å². The molecule has 0 bridgehead atoms. The molecule has 3 unspecified atom stereocenters. The third kappa shape index (κ3) is 2.08. The summed E-state index contributed by atoms with van der Waals surface area (Å²) in [6.45, 7) is 1.87. The van der Waals surface area contributed by atoms with Crippen molar-refractivity contribution in [1.29, 1.82) is 0 Å². The first-order chi connectivity index (χ1) is 7.39. The van der Waals surface area contributed by atoms with E-state index in [0.29, 0.717) is 22.6 Å². The van der Waals surface area contributed by atoms with Crippen LogP contribution in [0.4, 0.5) is 13.2 Å². The lowest BCUT2D eigenvalue weighted by Crippen LogP contribution is -2.13. The number of aliphatic hydroxyl groups excluding tert-OH is 1. The third-order valence-corrected chi connectivity index (χ3v) is 4.32. The third-order valence-electron chi connectivity index (χ3n) is 3.15. The number of rotatable bonds is 1. The van der Waals surface area contributed by atoms with Crippen LogP contribution in [0.15, 0.2) is 6.20 Å². The summed E-state index contributed by atoms with van der Waals surface area (Å²) in [5.41, 5.74) is 0. The highest BCUT2D eigenvalue weighted by Crippen LogP contribution is 2.43. The summed E-state index contributed by atoms with van der Waals surface area (Å²) >= 11 is 0.696. The minimum atomic E-state index is -4.36. The summed E-state index contributed by atoms with van der Waals surface area (Å²) in [7, 11) is 0. The van der Waals surface area contributed by atoms with Crippen LogP contribution in [0.2, 0.25) is 0 Å². The molecule has 1 aromatic heterocycles. The molecule has 90 valence electrons. The molecule has 1 saturated carbocycles. The molecule has 2 rings (SSSR count). The second-order valence-corrected chi connectivity index (χ2v) is 5.24. The number of halogens is 3.